The van der Waals surface area contributed by atoms with Gasteiger partial charge < -0.3 is 5.73 Å². The topological polar surface area (TPSA) is 26.0 Å². The Morgan fingerprint density at radius 2 is 1.24 bits per heavy atom. The van der Waals surface area contributed by atoms with E-state index >= 15 is 0 Å². The largest absolute Gasteiger partial charge is 0.330 e. The number of rotatable bonds is 7. The molecule has 0 aliphatic carbocycles. The van der Waals surface area contributed by atoms with E-state index in [2.05, 4.69) is 41.5 Å². The van der Waals surface area contributed by atoms with Crippen molar-refractivity contribution in [2.45, 2.75) is 80.1 Å². The van der Waals surface area contributed by atoms with Crippen molar-refractivity contribution >= 4 is 0 Å². The summed E-state index contributed by atoms with van der Waals surface area (Å²) in [6, 6.07) is 0. The molecule has 0 spiro atoms. The van der Waals surface area contributed by atoms with E-state index in [0.29, 0.717) is 10.8 Å². The zero-order chi connectivity index (χ0) is 13.5. The molecule has 104 valence electrons. The highest BCUT2D eigenvalue weighted by molar-refractivity contribution is 4.74. The molecule has 0 aromatic heterocycles. The van der Waals surface area contributed by atoms with Gasteiger partial charge in [0.2, 0.25) is 0 Å². The maximum atomic E-state index is 5.55. The summed E-state index contributed by atoms with van der Waals surface area (Å²) in [6.07, 6.45) is 7.95. The van der Waals surface area contributed by atoms with Crippen LogP contribution < -0.4 is 5.73 Å². The first-order valence-electron chi connectivity index (χ1n) is 7.34. The maximum absolute atomic E-state index is 5.55. The van der Waals surface area contributed by atoms with Gasteiger partial charge in [-0.25, -0.2) is 0 Å². The second-order valence-corrected chi connectivity index (χ2v) is 8.03. The molecule has 0 saturated heterocycles. The van der Waals surface area contributed by atoms with Gasteiger partial charge in [-0.05, 0) is 42.6 Å². The lowest BCUT2D eigenvalue weighted by Crippen LogP contribution is -2.19. The van der Waals surface area contributed by atoms with Gasteiger partial charge in [0.1, 0.15) is 0 Å². The van der Waals surface area contributed by atoms with Gasteiger partial charge in [-0.2, -0.15) is 0 Å². The van der Waals surface area contributed by atoms with E-state index in [1.54, 1.807) is 0 Å². The molecule has 0 rings (SSSR count). The van der Waals surface area contributed by atoms with Crippen molar-refractivity contribution in [3.63, 3.8) is 0 Å². The summed E-state index contributed by atoms with van der Waals surface area (Å²) in [6.45, 7) is 15.0. The molecule has 0 aromatic rings. The normalized spacial score (nSPS) is 13.4. The maximum Gasteiger partial charge on any atom is -0.00773 e. The Morgan fingerprint density at radius 3 is 1.59 bits per heavy atom. The van der Waals surface area contributed by atoms with Crippen LogP contribution in [0.25, 0.3) is 0 Å². The minimum Gasteiger partial charge on any atom is -0.330 e. The van der Waals surface area contributed by atoms with Gasteiger partial charge in [-0.1, -0.05) is 60.8 Å². The number of hydrogen-bond acceptors (Lipinski definition) is 1. The summed E-state index contributed by atoms with van der Waals surface area (Å²) in [4.78, 5) is 0. The lowest BCUT2D eigenvalue weighted by molar-refractivity contribution is 0.206. The lowest BCUT2D eigenvalue weighted by Gasteiger charge is -2.31. The van der Waals surface area contributed by atoms with Gasteiger partial charge in [0.25, 0.3) is 0 Å². The molecule has 0 aliphatic heterocycles. The van der Waals surface area contributed by atoms with Crippen LogP contribution in [-0.4, -0.2) is 6.54 Å². The molecule has 1 nitrogen and oxygen atoms in total. The molecule has 0 amide bonds. The second kappa shape index (κ2) is 7.41. The summed E-state index contributed by atoms with van der Waals surface area (Å²) in [5.74, 6) is 0.882. The number of unbranched alkanes of at least 4 members (excludes halogenated alkanes) is 2. The fourth-order valence-corrected chi connectivity index (χ4v) is 2.76. The molecule has 1 heteroatoms. The van der Waals surface area contributed by atoms with Crippen LogP contribution in [0, 0.1) is 16.7 Å². The Balaban J connectivity index is 4.12. The zero-order valence-corrected chi connectivity index (χ0v) is 13.1. The van der Waals surface area contributed by atoms with Crippen LogP contribution >= 0.6 is 0 Å². The van der Waals surface area contributed by atoms with Crippen LogP contribution in [0.2, 0.25) is 0 Å². The molecular weight excluding hydrogens is 206 g/mol. The molecule has 17 heavy (non-hydrogen) atoms. The van der Waals surface area contributed by atoms with Gasteiger partial charge in [-0.3, -0.25) is 0 Å². The third-order valence-electron chi connectivity index (χ3n) is 3.12. The molecular formula is C16H35N. The van der Waals surface area contributed by atoms with Crippen molar-refractivity contribution in [1.29, 1.82) is 0 Å². The van der Waals surface area contributed by atoms with Gasteiger partial charge >= 0.3 is 0 Å². The van der Waals surface area contributed by atoms with Crippen LogP contribution in [0.15, 0.2) is 0 Å². The minimum atomic E-state index is 0.462. The summed E-state index contributed by atoms with van der Waals surface area (Å²) in [5.41, 5.74) is 6.47. The van der Waals surface area contributed by atoms with E-state index in [-0.39, 0.29) is 0 Å². The van der Waals surface area contributed by atoms with E-state index in [4.69, 9.17) is 5.73 Å². The molecule has 0 unspecified atom stereocenters. The van der Waals surface area contributed by atoms with Gasteiger partial charge in [-0.15, -0.1) is 0 Å². The molecule has 2 N–H and O–H groups in total. The summed E-state index contributed by atoms with van der Waals surface area (Å²) < 4.78 is 0. The van der Waals surface area contributed by atoms with Crippen LogP contribution in [0.5, 0.6) is 0 Å². The highest BCUT2D eigenvalue weighted by Gasteiger charge is 2.23. The predicted octanol–water partition coefficient (Wildman–Crippen LogP) is 4.99. The Morgan fingerprint density at radius 1 is 0.765 bits per heavy atom. The molecule has 0 fully saturated rings. The van der Waals surface area contributed by atoms with E-state index in [1.165, 1.54) is 38.5 Å². The molecule has 0 heterocycles. The van der Waals surface area contributed by atoms with Crippen molar-refractivity contribution in [2.24, 2.45) is 22.5 Å². The first-order chi connectivity index (χ1) is 7.64. The molecule has 0 aromatic carbocycles. The lowest BCUT2D eigenvalue weighted by atomic mass is 9.75. The smallest absolute Gasteiger partial charge is 0.00773 e. The van der Waals surface area contributed by atoms with E-state index in [1.807, 2.05) is 0 Å². The quantitative estimate of drug-likeness (QED) is 0.624. The highest BCUT2D eigenvalue weighted by Crippen LogP contribution is 2.35. The van der Waals surface area contributed by atoms with Crippen molar-refractivity contribution in [2.75, 3.05) is 6.54 Å². The van der Waals surface area contributed by atoms with Crippen molar-refractivity contribution in [3.8, 4) is 0 Å². The molecule has 0 atom stereocenters. The van der Waals surface area contributed by atoms with Crippen LogP contribution in [-0.2, 0) is 0 Å². The van der Waals surface area contributed by atoms with E-state index in [0.717, 1.165) is 12.5 Å². The minimum absolute atomic E-state index is 0.462. The Bertz CT molecular complexity index is 167. The predicted molar refractivity (Wildman–Crippen MR) is 79.2 cm³/mol. The van der Waals surface area contributed by atoms with E-state index in [9.17, 15) is 0 Å². The third-order valence-corrected chi connectivity index (χ3v) is 3.12. The van der Waals surface area contributed by atoms with Crippen molar-refractivity contribution < 1.29 is 0 Å². The molecule has 0 bridgehead atoms. The van der Waals surface area contributed by atoms with Crippen LogP contribution in [0.1, 0.15) is 80.1 Å². The van der Waals surface area contributed by atoms with Crippen molar-refractivity contribution in [3.05, 3.63) is 0 Å². The molecule has 0 aliphatic rings. The average Bonchev–Trinajstić information content (AvgIpc) is 2.06. The Labute approximate surface area is 110 Å². The monoisotopic (exact) mass is 241 g/mol. The first-order valence-corrected chi connectivity index (χ1v) is 7.34. The highest BCUT2D eigenvalue weighted by atomic mass is 14.5. The van der Waals surface area contributed by atoms with Gasteiger partial charge in [0, 0.05) is 0 Å². The fraction of sp³-hybridized carbons (Fsp3) is 1.00. The van der Waals surface area contributed by atoms with Gasteiger partial charge in [0.15, 0.2) is 0 Å². The Hall–Kier alpha value is -0.0400. The first kappa shape index (κ1) is 17.0. The summed E-state index contributed by atoms with van der Waals surface area (Å²) in [5, 5.41) is 0. The van der Waals surface area contributed by atoms with Gasteiger partial charge in [0.05, 0.1) is 0 Å². The molecule has 0 saturated carbocycles. The number of nitrogens with two attached hydrogens (primary N) is 1. The average molecular weight is 241 g/mol. The van der Waals surface area contributed by atoms with Crippen molar-refractivity contribution in [1.82, 2.24) is 0 Å². The zero-order valence-electron chi connectivity index (χ0n) is 13.1. The fourth-order valence-electron chi connectivity index (χ4n) is 2.76. The van der Waals surface area contributed by atoms with Crippen LogP contribution in [0.4, 0.5) is 0 Å². The summed E-state index contributed by atoms with van der Waals surface area (Å²) in [7, 11) is 0. The number of hydrogen-bond donors (Lipinski definition) is 1. The van der Waals surface area contributed by atoms with E-state index < -0.39 is 0 Å². The second-order valence-electron chi connectivity index (χ2n) is 8.03. The third kappa shape index (κ3) is 12.2. The standard InChI is InChI=1S/C16H35N/c1-15(2,3)12-14(13-16(4,5)6)10-8-7-9-11-17/h14H,7-13,17H2,1-6H3. The Kier molecular flexibility index (Phi) is 7.39. The molecule has 0 radical (unpaired) electrons. The SMILES string of the molecule is CC(C)(C)CC(CCCCCN)CC(C)(C)C. The van der Waals surface area contributed by atoms with Crippen LogP contribution in [0.3, 0.4) is 0 Å². The summed E-state index contributed by atoms with van der Waals surface area (Å²) >= 11 is 0.